The molecule has 0 aliphatic rings. The van der Waals surface area contributed by atoms with Gasteiger partial charge in [0, 0.05) is 17.2 Å². The number of aromatic nitrogens is 2. The van der Waals surface area contributed by atoms with E-state index < -0.39 is 10.2 Å². The molecule has 0 atom stereocenters. The highest BCUT2D eigenvalue weighted by Gasteiger charge is 2.22. The van der Waals surface area contributed by atoms with Gasteiger partial charge in [-0.2, -0.15) is 0 Å². The van der Waals surface area contributed by atoms with Crippen molar-refractivity contribution in [3.8, 4) is 22.5 Å². The van der Waals surface area contributed by atoms with Gasteiger partial charge in [0.1, 0.15) is 12.2 Å². The summed E-state index contributed by atoms with van der Waals surface area (Å²) in [6.07, 6.45) is 0. The Balaban J connectivity index is 0.000000461. The van der Waals surface area contributed by atoms with Crippen LogP contribution in [-0.2, 0) is 13.6 Å². The smallest absolute Gasteiger partial charge is 0.222 e. The van der Waals surface area contributed by atoms with Crippen molar-refractivity contribution in [3.05, 3.63) is 103 Å². The molecule has 1 heterocycles. The molecule has 6 nitrogen and oxygen atoms in total. The first kappa shape index (κ1) is 21.7. The van der Waals surface area contributed by atoms with Crippen LogP contribution < -0.4 is 23.3 Å². The zero-order chi connectivity index (χ0) is 21.6. The number of benzene rings is 3. The third-order valence-corrected chi connectivity index (χ3v) is 4.58. The lowest BCUT2D eigenvalue weighted by Gasteiger charge is -2.17. The maximum atomic E-state index is 8.49. The first-order chi connectivity index (χ1) is 14.3. The summed E-state index contributed by atoms with van der Waals surface area (Å²) in [5.74, 6) is 0. The predicted molar refractivity (Wildman–Crippen MR) is 102 cm³/mol. The van der Waals surface area contributed by atoms with Crippen LogP contribution in [0.25, 0.3) is 22.5 Å². The van der Waals surface area contributed by atoms with E-state index in [1.807, 2.05) is 0 Å². The summed E-state index contributed by atoms with van der Waals surface area (Å²) in [6.45, 7) is 0.842. The van der Waals surface area contributed by atoms with Gasteiger partial charge in [-0.3, -0.25) is 0 Å². The molecule has 4 rings (SSSR count). The minimum Gasteiger partial charge on any atom is -0.222 e. The van der Waals surface area contributed by atoms with Crippen molar-refractivity contribution in [2.45, 2.75) is 6.54 Å². The summed E-state index contributed by atoms with van der Waals surface area (Å²) in [5.41, 5.74) is 6.21. The fraction of sp³-hybridized carbons (Fsp3) is 0.0870. The van der Waals surface area contributed by atoms with Gasteiger partial charge in [-0.15, -0.1) is 19.6 Å². The Kier molecular flexibility index (Phi) is 6.99. The van der Waals surface area contributed by atoms with Crippen LogP contribution in [0.1, 0.15) is 5.56 Å². The summed E-state index contributed by atoms with van der Waals surface area (Å²) < 4.78 is 38.6. The van der Waals surface area contributed by atoms with E-state index in [4.69, 9.17) is 18.6 Å². The molecule has 1 aromatic heterocycles. The van der Waals surface area contributed by atoms with E-state index in [-0.39, 0.29) is 0 Å². The molecule has 30 heavy (non-hydrogen) atoms. The van der Waals surface area contributed by atoms with E-state index >= 15 is 0 Å². The third-order valence-electron chi connectivity index (χ3n) is 4.58. The largest absolute Gasteiger partial charge is 0.238 e. The van der Waals surface area contributed by atoms with Crippen molar-refractivity contribution >= 4 is 0 Å². The topological polar surface area (TPSA) is 101 Å². The molecule has 0 N–H and O–H groups in total. The molecular formula is C23H21ClN2O4. The second-order valence-corrected chi connectivity index (χ2v) is 7.35. The quantitative estimate of drug-likeness (QED) is 0.428. The third kappa shape index (κ3) is 6.00. The number of hydrogen-bond donors (Lipinski definition) is 0. The van der Waals surface area contributed by atoms with Crippen molar-refractivity contribution in [3.63, 3.8) is 0 Å². The number of rotatable bonds is 4. The zero-order valence-corrected chi connectivity index (χ0v) is 17.1. The van der Waals surface area contributed by atoms with Crippen LogP contribution in [0.3, 0.4) is 0 Å². The number of nitrogens with zero attached hydrogens (tertiary/aromatic N) is 2. The van der Waals surface area contributed by atoms with Crippen LogP contribution in [-0.4, -0.2) is 4.68 Å². The van der Waals surface area contributed by atoms with E-state index in [0.29, 0.717) is 0 Å². The number of halogens is 1. The highest BCUT2D eigenvalue weighted by molar-refractivity contribution is 5.66. The molecule has 0 saturated heterocycles. The summed E-state index contributed by atoms with van der Waals surface area (Å²) in [7, 11) is -2.81. The van der Waals surface area contributed by atoms with Crippen LogP contribution in [0.4, 0.5) is 0 Å². The maximum Gasteiger partial charge on any atom is 0.238 e. The van der Waals surface area contributed by atoms with Crippen molar-refractivity contribution in [2.24, 2.45) is 7.05 Å². The van der Waals surface area contributed by atoms with Crippen LogP contribution in [0, 0.1) is 10.2 Å². The van der Waals surface area contributed by atoms with Crippen LogP contribution in [0.15, 0.2) is 97.1 Å². The van der Waals surface area contributed by atoms with Gasteiger partial charge in [-0.05, 0) is 17.7 Å². The normalized spacial score (nSPS) is 11.0. The fourth-order valence-electron chi connectivity index (χ4n) is 3.26. The van der Waals surface area contributed by atoms with E-state index in [1.54, 1.807) is 0 Å². The van der Waals surface area contributed by atoms with Crippen LogP contribution in [0.2, 0.25) is 0 Å². The van der Waals surface area contributed by atoms with Gasteiger partial charge in [0.2, 0.25) is 5.69 Å². The van der Waals surface area contributed by atoms with Crippen molar-refractivity contribution in [1.29, 1.82) is 0 Å². The van der Waals surface area contributed by atoms with Gasteiger partial charge in [-0.25, -0.2) is 18.6 Å². The monoisotopic (exact) mass is 424 g/mol. The Labute approximate surface area is 177 Å². The highest BCUT2D eigenvalue weighted by Crippen LogP contribution is 2.25. The molecule has 0 amide bonds. The molecule has 0 aliphatic carbocycles. The molecule has 4 aromatic rings. The molecule has 154 valence electrons. The summed E-state index contributed by atoms with van der Waals surface area (Å²) in [5, 5.41) is 0. The van der Waals surface area contributed by atoms with E-state index in [2.05, 4.69) is 113 Å². The minimum absolute atomic E-state index is 0.842. The Bertz CT molecular complexity index is 1060. The van der Waals surface area contributed by atoms with Gasteiger partial charge in [0.05, 0.1) is 0 Å². The Hall–Kier alpha value is -3.00. The average molecular weight is 425 g/mol. The van der Waals surface area contributed by atoms with Crippen molar-refractivity contribution in [1.82, 2.24) is 4.68 Å². The van der Waals surface area contributed by atoms with Gasteiger partial charge in [0.15, 0.2) is 7.05 Å². The molecule has 0 saturated carbocycles. The molecule has 0 unspecified atom stereocenters. The maximum absolute atomic E-state index is 8.49. The number of hydrogen-bond acceptors (Lipinski definition) is 4. The lowest BCUT2D eigenvalue weighted by Crippen LogP contribution is -2.68. The Morgan fingerprint density at radius 1 is 0.700 bits per heavy atom. The second kappa shape index (κ2) is 9.67. The lowest BCUT2D eigenvalue weighted by atomic mass is 10.1. The second-order valence-electron chi connectivity index (χ2n) is 6.59. The van der Waals surface area contributed by atoms with Gasteiger partial charge in [0.25, 0.3) is 0 Å². The molecule has 0 fully saturated rings. The summed E-state index contributed by atoms with van der Waals surface area (Å²) in [6, 6.07) is 34.1. The van der Waals surface area contributed by atoms with Gasteiger partial charge in [-0.1, -0.05) is 78.9 Å². The molecule has 0 radical (unpaired) electrons. The zero-order valence-electron chi connectivity index (χ0n) is 16.4. The van der Waals surface area contributed by atoms with Crippen LogP contribution in [0.5, 0.6) is 0 Å². The Morgan fingerprint density at radius 3 is 1.63 bits per heavy atom. The van der Waals surface area contributed by atoms with Crippen LogP contribution >= 0.6 is 0 Å². The lowest BCUT2D eigenvalue weighted by molar-refractivity contribution is -2.00. The van der Waals surface area contributed by atoms with Gasteiger partial charge < -0.3 is 0 Å². The first-order valence-corrected chi connectivity index (χ1v) is 10.4. The fourth-order valence-corrected chi connectivity index (χ4v) is 3.26. The molecule has 3 aromatic carbocycles. The van der Waals surface area contributed by atoms with E-state index in [0.717, 1.165) is 6.54 Å². The predicted octanol–water partition coefficient (Wildman–Crippen LogP) is -0.0611. The van der Waals surface area contributed by atoms with Gasteiger partial charge >= 0.3 is 0 Å². The highest BCUT2D eigenvalue weighted by atomic mass is 35.7. The molecule has 0 spiro atoms. The van der Waals surface area contributed by atoms with E-state index in [9.17, 15) is 0 Å². The summed E-state index contributed by atoms with van der Waals surface area (Å²) >= 11 is 0. The van der Waals surface area contributed by atoms with Crippen molar-refractivity contribution < 1.29 is 33.6 Å². The summed E-state index contributed by atoms with van der Waals surface area (Å²) in [4.78, 5) is 0. The minimum atomic E-state index is -4.94. The average Bonchev–Trinajstić information content (AvgIpc) is 3.05. The van der Waals surface area contributed by atoms with E-state index in [1.165, 1.54) is 28.1 Å². The first-order valence-electron chi connectivity index (χ1n) is 9.19. The molecule has 0 bridgehead atoms. The standard InChI is InChI=1S/C23H21N2.ClHO4/c1-24-22(20-13-7-3-8-14-20)17-23(21-15-9-4-10-16-21)25(24)18-19-11-5-2-6-12-19;2-1(3,4)5/h2-17H,18H2,1H3;(H,2,3,4,5)/q+1;/p-1. The molecule has 7 heteroatoms. The molecule has 0 aliphatic heterocycles. The van der Waals surface area contributed by atoms with Crippen molar-refractivity contribution in [2.75, 3.05) is 0 Å². The molecular weight excluding hydrogens is 404 g/mol. The Morgan fingerprint density at radius 2 is 1.13 bits per heavy atom. The SMILES string of the molecule is C[n+]1c(-c2ccccc2)cc(-c2ccccc2)n1Cc1ccccc1.[O-][Cl+3]([O-])([O-])[O-].